The van der Waals surface area contributed by atoms with Gasteiger partial charge in [0, 0.05) is 0 Å². The first-order valence-electron chi connectivity index (χ1n) is 9.55. The number of alkyl carbamates (subject to hydrolysis) is 1. The van der Waals surface area contributed by atoms with Crippen molar-refractivity contribution in [1.82, 2.24) is 5.32 Å². The number of nitrogens with one attached hydrogen (secondary N) is 1. The molecule has 0 aliphatic rings. The molecule has 0 saturated carbocycles. The number of hydrogen-bond acceptors (Lipinski definition) is 6. The first-order chi connectivity index (χ1) is 13.9. The highest BCUT2D eigenvalue weighted by atomic mass is 32.2. The molecule has 0 aliphatic heterocycles. The Bertz CT molecular complexity index is 947. The molecule has 1 N–H and O–H groups in total. The van der Waals surface area contributed by atoms with Crippen molar-refractivity contribution >= 4 is 16.2 Å². The van der Waals surface area contributed by atoms with Gasteiger partial charge >= 0.3 is 6.09 Å². The van der Waals surface area contributed by atoms with Gasteiger partial charge < -0.3 is 14.8 Å². The lowest BCUT2D eigenvalue weighted by Gasteiger charge is -2.27. The van der Waals surface area contributed by atoms with Crippen LogP contribution >= 0.6 is 0 Å². The SMILES string of the molecule is COc1ccc(C(NC(=O)OC(C)(C)C)C(C)OS(=O)(=O)c2ccc(C)cc2)cc1. The molecule has 7 nitrogen and oxygen atoms in total. The smallest absolute Gasteiger partial charge is 0.408 e. The van der Waals surface area contributed by atoms with E-state index in [2.05, 4.69) is 5.32 Å². The van der Waals surface area contributed by atoms with Gasteiger partial charge in [-0.15, -0.1) is 0 Å². The maximum absolute atomic E-state index is 12.7. The van der Waals surface area contributed by atoms with E-state index < -0.39 is 34.0 Å². The second kappa shape index (κ2) is 9.49. The van der Waals surface area contributed by atoms with Crippen LogP contribution in [-0.2, 0) is 19.0 Å². The number of carbonyl (C=O) groups excluding carboxylic acids is 1. The summed E-state index contributed by atoms with van der Waals surface area (Å²) in [5, 5.41) is 2.72. The number of carbonyl (C=O) groups is 1. The van der Waals surface area contributed by atoms with Crippen molar-refractivity contribution in [2.45, 2.75) is 57.3 Å². The first kappa shape index (κ1) is 23.7. The van der Waals surface area contributed by atoms with E-state index in [1.54, 1.807) is 71.2 Å². The van der Waals surface area contributed by atoms with Crippen LogP contribution in [0.5, 0.6) is 5.75 Å². The van der Waals surface area contributed by atoms with Crippen LogP contribution in [0.1, 0.15) is 44.9 Å². The van der Waals surface area contributed by atoms with Gasteiger partial charge in [0.15, 0.2) is 0 Å². The predicted molar refractivity (Wildman–Crippen MR) is 114 cm³/mol. The van der Waals surface area contributed by atoms with Gasteiger partial charge in [-0.05, 0) is 64.4 Å². The summed E-state index contributed by atoms with van der Waals surface area (Å²) in [5.74, 6) is 0.635. The average Bonchev–Trinajstić information content (AvgIpc) is 2.65. The monoisotopic (exact) mass is 435 g/mol. The molecule has 2 rings (SSSR count). The van der Waals surface area contributed by atoms with Crippen LogP contribution in [0, 0.1) is 6.92 Å². The Kier molecular flexibility index (Phi) is 7.49. The van der Waals surface area contributed by atoms with E-state index in [4.69, 9.17) is 13.7 Å². The lowest BCUT2D eigenvalue weighted by atomic mass is 10.0. The maximum atomic E-state index is 12.7. The Balaban J connectivity index is 2.29. The molecule has 2 unspecified atom stereocenters. The minimum Gasteiger partial charge on any atom is -0.497 e. The van der Waals surface area contributed by atoms with Crippen LogP contribution in [0.3, 0.4) is 0 Å². The van der Waals surface area contributed by atoms with E-state index in [0.717, 1.165) is 5.56 Å². The van der Waals surface area contributed by atoms with E-state index in [1.165, 1.54) is 12.1 Å². The highest BCUT2D eigenvalue weighted by Gasteiger charge is 2.29. The van der Waals surface area contributed by atoms with Gasteiger partial charge in [0.1, 0.15) is 11.4 Å². The summed E-state index contributed by atoms with van der Waals surface area (Å²) < 4.78 is 41.4. The number of benzene rings is 2. The van der Waals surface area contributed by atoms with Gasteiger partial charge in [-0.2, -0.15) is 8.42 Å². The third-order valence-corrected chi connectivity index (χ3v) is 5.61. The van der Waals surface area contributed by atoms with E-state index in [9.17, 15) is 13.2 Å². The fourth-order valence-corrected chi connectivity index (χ4v) is 3.82. The number of hydrogen-bond donors (Lipinski definition) is 1. The van der Waals surface area contributed by atoms with Gasteiger partial charge in [0.05, 0.1) is 24.2 Å². The fraction of sp³-hybridized carbons (Fsp3) is 0.409. The Morgan fingerprint density at radius 3 is 2.07 bits per heavy atom. The lowest BCUT2D eigenvalue weighted by Crippen LogP contribution is -2.40. The summed E-state index contributed by atoms with van der Waals surface area (Å²) in [4.78, 5) is 12.4. The van der Waals surface area contributed by atoms with Crippen molar-refractivity contribution in [3.63, 3.8) is 0 Å². The Morgan fingerprint density at radius 2 is 1.57 bits per heavy atom. The van der Waals surface area contributed by atoms with Crippen molar-refractivity contribution in [1.29, 1.82) is 0 Å². The van der Waals surface area contributed by atoms with Crippen LogP contribution in [0.15, 0.2) is 53.4 Å². The molecule has 0 bridgehead atoms. The molecule has 164 valence electrons. The van der Waals surface area contributed by atoms with E-state index in [1.807, 2.05) is 6.92 Å². The predicted octanol–water partition coefficient (Wildman–Crippen LogP) is 4.36. The van der Waals surface area contributed by atoms with E-state index in [-0.39, 0.29) is 4.90 Å². The number of aryl methyl sites for hydroxylation is 1. The molecule has 8 heteroatoms. The first-order valence-corrected chi connectivity index (χ1v) is 11.0. The van der Waals surface area contributed by atoms with Gasteiger partial charge in [0.25, 0.3) is 10.1 Å². The molecule has 1 amide bonds. The van der Waals surface area contributed by atoms with Gasteiger partial charge in [-0.1, -0.05) is 29.8 Å². The molecule has 0 fully saturated rings. The minimum atomic E-state index is -4.03. The van der Waals surface area contributed by atoms with E-state index in [0.29, 0.717) is 11.3 Å². The van der Waals surface area contributed by atoms with Crippen LogP contribution in [0.25, 0.3) is 0 Å². The van der Waals surface area contributed by atoms with Gasteiger partial charge in [-0.25, -0.2) is 4.79 Å². The minimum absolute atomic E-state index is 0.0469. The molecule has 0 aromatic heterocycles. The third-order valence-electron chi connectivity index (χ3n) is 4.20. The largest absolute Gasteiger partial charge is 0.497 e. The second-order valence-electron chi connectivity index (χ2n) is 7.97. The summed E-state index contributed by atoms with van der Waals surface area (Å²) in [6.45, 7) is 8.69. The zero-order valence-electron chi connectivity index (χ0n) is 18.1. The quantitative estimate of drug-likeness (QED) is 0.650. The summed E-state index contributed by atoms with van der Waals surface area (Å²) in [6.07, 6.45) is -1.58. The molecule has 0 spiro atoms. The summed E-state index contributed by atoms with van der Waals surface area (Å²) in [7, 11) is -2.48. The lowest BCUT2D eigenvalue weighted by molar-refractivity contribution is 0.0455. The van der Waals surface area contributed by atoms with Crippen LogP contribution in [-0.4, -0.2) is 33.3 Å². The second-order valence-corrected chi connectivity index (χ2v) is 9.54. The Hall–Kier alpha value is -2.58. The molecular formula is C22H29NO6S. The molecule has 2 atom stereocenters. The van der Waals surface area contributed by atoms with Crippen molar-refractivity contribution in [3.05, 3.63) is 59.7 Å². The van der Waals surface area contributed by atoms with Crippen LogP contribution in [0.4, 0.5) is 4.79 Å². The normalized spacial score (nSPS) is 13.9. The molecular weight excluding hydrogens is 406 g/mol. The molecule has 2 aromatic carbocycles. The summed E-state index contributed by atoms with van der Waals surface area (Å²) in [6, 6.07) is 12.5. The van der Waals surface area contributed by atoms with Crippen molar-refractivity contribution < 1.29 is 26.9 Å². The summed E-state index contributed by atoms with van der Waals surface area (Å²) in [5.41, 5.74) is 0.880. The van der Waals surface area contributed by atoms with Gasteiger partial charge in [0.2, 0.25) is 0 Å². The molecule has 0 aliphatic carbocycles. The molecule has 30 heavy (non-hydrogen) atoms. The molecule has 2 aromatic rings. The average molecular weight is 436 g/mol. The number of methoxy groups -OCH3 is 1. The highest BCUT2D eigenvalue weighted by molar-refractivity contribution is 7.86. The van der Waals surface area contributed by atoms with Crippen LogP contribution < -0.4 is 10.1 Å². The molecule has 0 radical (unpaired) electrons. The topological polar surface area (TPSA) is 90.9 Å². The Morgan fingerprint density at radius 1 is 1.00 bits per heavy atom. The number of ether oxygens (including phenoxy) is 2. The van der Waals surface area contributed by atoms with Crippen molar-refractivity contribution in [2.24, 2.45) is 0 Å². The standard InChI is InChI=1S/C22H29NO6S/c1-15-7-13-19(14-8-15)30(25,26)29-16(2)20(23-21(24)28-22(3,4)5)17-9-11-18(27-6)12-10-17/h7-14,16,20H,1-6H3,(H,23,24). The third kappa shape index (κ3) is 6.74. The van der Waals surface area contributed by atoms with Crippen molar-refractivity contribution in [2.75, 3.05) is 7.11 Å². The van der Waals surface area contributed by atoms with E-state index >= 15 is 0 Å². The number of amides is 1. The molecule has 0 heterocycles. The Labute approximate surface area is 178 Å². The van der Waals surface area contributed by atoms with Gasteiger partial charge in [-0.3, -0.25) is 4.18 Å². The summed E-state index contributed by atoms with van der Waals surface area (Å²) >= 11 is 0. The fourth-order valence-electron chi connectivity index (χ4n) is 2.73. The molecule has 0 saturated heterocycles. The van der Waals surface area contributed by atoms with Crippen LogP contribution in [0.2, 0.25) is 0 Å². The zero-order valence-corrected chi connectivity index (χ0v) is 18.9. The maximum Gasteiger partial charge on any atom is 0.408 e. The zero-order chi connectivity index (χ0) is 22.5. The number of rotatable bonds is 7. The highest BCUT2D eigenvalue weighted by Crippen LogP contribution is 2.26. The van der Waals surface area contributed by atoms with Crippen molar-refractivity contribution in [3.8, 4) is 5.75 Å².